The number of nitrogens with zero attached hydrogens (tertiary/aromatic N) is 3. The molecule has 1 aliphatic heterocycles. The smallest absolute Gasteiger partial charge is 0.273 e. The average Bonchev–Trinajstić information content (AvgIpc) is 3.46. The lowest BCUT2D eigenvalue weighted by Gasteiger charge is -2.37. The molecule has 2 aromatic rings. The van der Waals surface area contributed by atoms with Crippen LogP contribution < -0.4 is 0 Å². The largest absolute Gasteiger partial charge is 0.334 e. The molecule has 1 amide bonds. The minimum Gasteiger partial charge on any atom is -0.334 e. The Balaban J connectivity index is 1.30. The predicted octanol–water partition coefficient (Wildman–Crippen LogP) is 4.79. The van der Waals surface area contributed by atoms with Crippen LogP contribution >= 0.6 is 11.3 Å². The Labute approximate surface area is 178 Å². The topological polar surface area (TPSA) is 36.4 Å². The molecule has 1 aromatic carbocycles. The van der Waals surface area contributed by atoms with Crippen LogP contribution in [0.3, 0.4) is 0 Å². The van der Waals surface area contributed by atoms with Crippen molar-refractivity contribution in [1.82, 2.24) is 14.8 Å². The molecule has 0 atom stereocenters. The summed E-state index contributed by atoms with van der Waals surface area (Å²) in [4.78, 5) is 22.2. The molecule has 2 heterocycles. The molecule has 2 aliphatic rings. The van der Waals surface area contributed by atoms with Gasteiger partial charge in [0.1, 0.15) is 5.69 Å². The average molecular weight is 412 g/mol. The third-order valence-corrected chi connectivity index (χ3v) is 7.38. The molecule has 4 nitrogen and oxygen atoms in total. The van der Waals surface area contributed by atoms with E-state index in [1.807, 2.05) is 5.38 Å². The number of hydrogen-bond donors (Lipinski definition) is 0. The van der Waals surface area contributed by atoms with Crippen molar-refractivity contribution < 1.29 is 4.79 Å². The van der Waals surface area contributed by atoms with E-state index >= 15 is 0 Å². The minimum absolute atomic E-state index is 0.153. The molecule has 29 heavy (non-hydrogen) atoms. The van der Waals surface area contributed by atoms with Crippen LogP contribution in [0, 0.1) is 12.8 Å². The second-order valence-electron chi connectivity index (χ2n) is 8.73. The van der Waals surface area contributed by atoms with E-state index in [9.17, 15) is 4.79 Å². The number of piperidine rings is 1. The van der Waals surface area contributed by atoms with Crippen molar-refractivity contribution in [3.05, 3.63) is 52.0 Å². The van der Waals surface area contributed by atoms with Gasteiger partial charge in [-0.25, -0.2) is 4.98 Å². The molecule has 0 N–H and O–H groups in total. The molecule has 1 saturated carbocycles. The Morgan fingerprint density at radius 1 is 1.17 bits per heavy atom. The lowest BCUT2D eigenvalue weighted by Crippen LogP contribution is -2.45. The zero-order valence-electron chi connectivity index (χ0n) is 17.6. The summed E-state index contributed by atoms with van der Waals surface area (Å²) in [6, 6.07) is 9.14. The molecular formula is C24H33N3OS. The number of thiazole rings is 1. The zero-order valence-corrected chi connectivity index (χ0v) is 18.4. The number of likely N-dealkylation sites (tertiary alicyclic amines) is 1. The van der Waals surface area contributed by atoms with Crippen LogP contribution in [-0.4, -0.2) is 52.9 Å². The molecule has 0 bridgehead atoms. The van der Waals surface area contributed by atoms with Crippen molar-refractivity contribution in [3.63, 3.8) is 0 Å². The van der Waals surface area contributed by atoms with Crippen molar-refractivity contribution in [3.8, 4) is 0 Å². The van der Waals surface area contributed by atoms with E-state index in [0.717, 1.165) is 45.4 Å². The van der Waals surface area contributed by atoms with Gasteiger partial charge in [-0.3, -0.25) is 4.79 Å². The van der Waals surface area contributed by atoms with E-state index in [4.69, 9.17) is 0 Å². The van der Waals surface area contributed by atoms with Gasteiger partial charge in [0.15, 0.2) is 0 Å². The molecule has 1 saturated heterocycles. The molecule has 2 fully saturated rings. The van der Waals surface area contributed by atoms with Crippen LogP contribution in [0.2, 0.25) is 0 Å². The number of rotatable bonds is 7. The van der Waals surface area contributed by atoms with Gasteiger partial charge in [0.05, 0.1) is 5.51 Å². The normalized spacial score (nSPS) is 18.9. The summed E-state index contributed by atoms with van der Waals surface area (Å²) in [5.74, 6) is 0.771. The number of hydrogen-bond acceptors (Lipinski definition) is 4. The van der Waals surface area contributed by atoms with Crippen LogP contribution in [0.5, 0.6) is 0 Å². The Hall–Kier alpha value is -1.72. The molecular weight excluding hydrogens is 378 g/mol. The molecule has 1 aliphatic carbocycles. The summed E-state index contributed by atoms with van der Waals surface area (Å²) in [5, 5.41) is 1.90. The second kappa shape index (κ2) is 9.86. The Kier molecular flexibility index (Phi) is 6.98. The van der Waals surface area contributed by atoms with Gasteiger partial charge in [-0.2, -0.15) is 0 Å². The standard InChI is InChI=1S/C24H33N3OS/c1-19-6-2-3-7-21(19)12-15-26-13-10-20(11-14-26)16-27(22-8-4-5-9-22)24(28)23-17-29-18-25-23/h2-3,6-7,17-18,20,22H,4-5,8-16H2,1H3. The maximum atomic E-state index is 13.1. The van der Waals surface area contributed by atoms with E-state index in [0.29, 0.717) is 17.7 Å². The van der Waals surface area contributed by atoms with Crippen molar-refractivity contribution in [2.24, 2.45) is 5.92 Å². The highest BCUT2D eigenvalue weighted by atomic mass is 32.1. The van der Waals surface area contributed by atoms with Gasteiger partial charge < -0.3 is 9.80 Å². The van der Waals surface area contributed by atoms with Crippen LogP contribution in [0.1, 0.15) is 60.1 Å². The van der Waals surface area contributed by atoms with Gasteiger partial charge in [-0.05, 0) is 69.2 Å². The summed E-state index contributed by atoms with van der Waals surface area (Å²) in [6.45, 7) is 6.56. The van der Waals surface area contributed by atoms with Crippen LogP contribution in [0.15, 0.2) is 35.2 Å². The lowest BCUT2D eigenvalue weighted by atomic mass is 9.94. The fraction of sp³-hybridized carbons (Fsp3) is 0.583. The molecule has 0 unspecified atom stereocenters. The van der Waals surface area contributed by atoms with Crippen molar-refractivity contribution in [2.75, 3.05) is 26.2 Å². The number of carbonyl (C=O) groups is 1. The van der Waals surface area contributed by atoms with Crippen LogP contribution in [-0.2, 0) is 6.42 Å². The van der Waals surface area contributed by atoms with E-state index in [-0.39, 0.29) is 5.91 Å². The predicted molar refractivity (Wildman–Crippen MR) is 119 cm³/mol. The summed E-state index contributed by atoms with van der Waals surface area (Å²) >= 11 is 1.51. The van der Waals surface area contributed by atoms with Crippen molar-refractivity contribution >= 4 is 17.2 Å². The molecule has 1 aromatic heterocycles. The van der Waals surface area contributed by atoms with Gasteiger partial charge in [0.25, 0.3) is 5.91 Å². The quantitative estimate of drug-likeness (QED) is 0.657. The SMILES string of the molecule is Cc1ccccc1CCN1CCC(CN(C(=O)c2cscn2)C2CCCC2)CC1. The Morgan fingerprint density at radius 2 is 1.93 bits per heavy atom. The summed E-state index contributed by atoms with van der Waals surface area (Å²) < 4.78 is 0. The van der Waals surface area contributed by atoms with Crippen molar-refractivity contribution in [2.45, 2.75) is 57.9 Å². The molecule has 0 radical (unpaired) electrons. The lowest BCUT2D eigenvalue weighted by molar-refractivity contribution is 0.0593. The Bertz CT molecular complexity index is 777. The number of carbonyl (C=O) groups excluding carboxylic acids is 1. The number of benzene rings is 1. The van der Waals surface area contributed by atoms with Gasteiger partial charge >= 0.3 is 0 Å². The fourth-order valence-electron chi connectivity index (χ4n) is 4.92. The minimum atomic E-state index is 0.153. The first kappa shape index (κ1) is 20.5. The first-order valence-electron chi connectivity index (χ1n) is 11.2. The highest BCUT2D eigenvalue weighted by molar-refractivity contribution is 7.07. The maximum Gasteiger partial charge on any atom is 0.273 e. The third-order valence-electron chi connectivity index (χ3n) is 6.80. The zero-order chi connectivity index (χ0) is 20.1. The van der Waals surface area contributed by atoms with Crippen LogP contribution in [0.4, 0.5) is 0 Å². The van der Waals surface area contributed by atoms with Gasteiger partial charge in [-0.15, -0.1) is 11.3 Å². The highest BCUT2D eigenvalue weighted by Gasteiger charge is 2.31. The first-order valence-corrected chi connectivity index (χ1v) is 12.1. The van der Waals surface area contributed by atoms with E-state index in [1.165, 1.54) is 48.1 Å². The van der Waals surface area contributed by atoms with E-state index in [2.05, 4.69) is 46.0 Å². The third kappa shape index (κ3) is 5.26. The monoisotopic (exact) mass is 411 g/mol. The van der Waals surface area contributed by atoms with Crippen molar-refractivity contribution in [1.29, 1.82) is 0 Å². The molecule has 4 rings (SSSR count). The van der Waals surface area contributed by atoms with E-state index in [1.54, 1.807) is 5.51 Å². The molecule has 0 spiro atoms. The van der Waals surface area contributed by atoms with Gasteiger partial charge in [0.2, 0.25) is 0 Å². The first-order chi connectivity index (χ1) is 14.2. The van der Waals surface area contributed by atoms with E-state index < -0.39 is 0 Å². The number of amides is 1. The summed E-state index contributed by atoms with van der Waals surface area (Å²) in [6.07, 6.45) is 8.35. The highest BCUT2D eigenvalue weighted by Crippen LogP contribution is 2.28. The number of aromatic nitrogens is 1. The fourth-order valence-corrected chi connectivity index (χ4v) is 5.44. The summed E-state index contributed by atoms with van der Waals surface area (Å²) in [7, 11) is 0. The van der Waals surface area contributed by atoms with Crippen LogP contribution in [0.25, 0.3) is 0 Å². The molecule has 156 valence electrons. The van der Waals surface area contributed by atoms with Gasteiger partial charge in [-0.1, -0.05) is 37.1 Å². The second-order valence-corrected chi connectivity index (χ2v) is 9.45. The molecule has 5 heteroatoms. The number of aryl methyl sites for hydroxylation is 1. The maximum absolute atomic E-state index is 13.1. The van der Waals surface area contributed by atoms with Gasteiger partial charge in [0, 0.05) is 24.5 Å². The Morgan fingerprint density at radius 3 is 2.62 bits per heavy atom. The summed E-state index contributed by atoms with van der Waals surface area (Å²) in [5.41, 5.74) is 5.27.